The SMILES string of the molecule is CCC1=[C-]CC=C1.CCC1=[C-]CC=C1.Cl.[Ti+2]. The van der Waals surface area contributed by atoms with Gasteiger partial charge in [-0.15, -0.1) is 25.2 Å². The molecule has 2 aliphatic rings. The standard InChI is InChI=1S/2C7H9.ClH.Ti/c2*1-2-7-5-3-4-6-7;;/h2*3,5H,2,4H2,1H3;1H;/q2*-1;;+2. The van der Waals surface area contributed by atoms with E-state index in [1.807, 2.05) is 0 Å². The maximum absolute atomic E-state index is 3.21. The summed E-state index contributed by atoms with van der Waals surface area (Å²) in [6.45, 7) is 4.30. The van der Waals surface area contributed by atoms with Gasteiger partial charge in [-0.05, 0) is 0 Å². The van der Waals surface area contributed by atoms with E-state index in [0.717, 1.165) is 25.7 Å². The molecular weight excluding hydrogens is 251 g/mol. The van der Waals surface area contributed by atoms with Crippen molar-refractivity contribution >= 4 is 12.4 Å². The fourth-order valence-corrected chi connectivity index (χ4v) is 1.39. The van der Waals surface area contributed by atoms with Gasteiger partial charge in [0.2, 0.25) is 0 Å². The molecule has 0 N–H and O–H groups in total. The zero-order valence-corrected chi connectivity index (χ0v) is 12.4. The summed E-state index contributed by atoms with van der Waals surface area (Å²) in [6.07, 6.45) is 19.3. The number of hydrogen-bond acceptors (Lipinski definition) is 0. The molecule has 0 fully saturated rings. The molecule has 0 radical (unpaired) electrons. The number of hydrogen-bond donors (Lipinski definition) is 0. The van der Waals surface area contributed by atoms with Gasteiger partial charge in [0.15, 0.2) is 0 Å². The predicted octanol–water partition coefficient (Wildman–Crippen LogP) is 4.59. The first-order valence-corrected chi connectivity index (χ1v) is 5.39. The Morgan fingerprint density at radius 1 is 0.938 bits per heavy atom. The molecule has 0 amide bonds. The molecule has 2 heteroatoms. The summed E-state index contributed by atoms with van der Waals surface area (Å²) < 4.78 is 0. The summed E-state index contributed by atoms with van der Waals surface area (Å²) in [5.74, 6) is 0. The van der Waals surface area contributed by atoms with E-state index >= 15 is 0 Å². The molecule has 0 atom stereocenters. The van der Waals surface area contributed by atoms with Crippen molar-refractivity contribution in [3.05, 3.63) is 47.6 Å². The zero-order chi connectivity index (χ0) is 10.2. The Balaban J connectivity index is 0. The van der Waals surface area contributed by atoms with E-state index in [9.17, 15) is 0 Å². The van der Waals surface area contributed by atoms with Crippen LogP contribution < -0.4 is 0 Å². The summed E-state index contributed by atoms with van der Waals surface area (Å²) in [5, 5.41) is 0. The molecule has 0 aromatic rings. The van der Waals surface area contributed by atoms with Gasteiger partial charge in [-0.3, -0.25) is 12.2 Å². The van der Waals surface area contributed by atoms with Crippen molar-refractivity contribution in [2.75, 3.05) is 0 Å². The van der Waals surface area contributed by atoms with Gasteiger partial charge in [0.25, 0.3) is 0 Å². The van der Waals surface area contributed by atoms with Gasteiger partial charge in [-0.1, -0.05) is 26.7 Å². The van der Waals surface area contributed by atoms with Crippen LogP contribution in [-0.2, 0) is 21.7 Å². The van der Waals surface area contributed by atoms with Crippen LogP contribution in [0.15, 0.2) is 35.5 Å². The first-order valence-electron chi connectivity index (χ1n) is 5.39. The van der Waals surface area contributed by atoms with Crippen LogP contribution in [0.3, 0.4) is 0 Å². The van der Waals surface area contributed by atoms with Crippen molar-refractivity contribution in [1.82, 2.24) is 0 Å². The molecule has 16 heavy (non-hydrogen) atoms. The van der Waals surface area contributed by atoms with Crippen molar-refractivity contribution in [1.29, 1.82) is 0 Å². The maximum Gasteiger partial charge on any atom is 2.00 e. The Morgan fingerprint density at radius 3 is 1.44 bits per heavy atom. The molecule has 0 heterocycles. The zero-order valence-electron chi connectivity index (χ0n) is 10.0. The van der Waals surface area contributed by atoms with Gasteiger partial charge >= 0.3 is 21.7 Å². The fraction of sp³-hybridized carbons (Fsp3) is 0.429. The molecular formula is C14H19ClTi. The van der Waals surface area contributed by atoms with Crippen LogP contribution in [0.2, 0.25) is 0 Å². The molecule has 0 saturated carbocycles. The van der Waals surface area contributed by atoms with Crippen LogP contribution >= 0.6 is 12.4 Å². The smallest absolute Gasteiger partial charge is 0.270 e. The third kappa shape index (κ3) is 7.27. The monoisotopic (exact) mass is 270 g/mol. The normalized spacial score (nSPS) is 15.4. The second kappa shape index (κ2) is 11.4. The summed E-state index contributed by atoms with van der Waals surface area (Å²) >= 11 is 0. The first-order chi connectivity index (χ1) is 6.86. The van der Waals surface area contributed by atoms with Gasteiger partial charge in [-0.2, -0.15) is 12.2 Å². The van der Waals surface area contributed by atoms with E-state index in [1.54, 1.807) is 0 Å². The van der Waals surface area contributed by atoms with Crippen molar-refractivity contribution in [2.45, 2.75) is 39.5 Å². The van der Waals surface area contributed by atoms with Gasteiger partial charge in [0.1, 0.15) is 0 Å². The molecule has 2 rings (SSSR count). The third-order valence-electron chi connectivity index (χ3n) is 2.29. The molecule has 0 saturated heterocycles. The molecule has 0 aromatic heterocycles. The Labute approximate surface area is 121 Å². The summed E-state index contributed by atoms with van der Waals surface area (Å²) in [5.41, 5.74) is 2.72. The van der Waals surface area contributed by atoms with Crippen molar-refractivity contribution in [2.24, 2.45) is 0 Å². The first kappa shape index (κ1) is 18.3. The number of rotatable bonds is 2. The van der Waals surface area contributed by atoms with E-state index < -0.39 is 0 Å². The Kier molecular flexibility index (Phi) is 13.1. The minimum atomic E-state index is 0. The summed E-state index contributed by atoms with van der Waals surface area (Å²) in [4.78, 5) is 0. The second-order valence-electron chi connectivity index (χ2n) is 3.32. The van der Waals surface area contributed by atoms with Crippen LogP contribution in [0.4, 0.5) is 0 Å². The number of allylic oxidation sites excluding steroid dienone is 8. The Hall–Kier alpha value is -0.0357. The molecule has 0 spiro atoms. The van der Waals surface area contributed by atoms with Gasteiger partial charge < -0.3 is 0 Å². The van der Waals surface area contributed by atoms with Crippen molar-refractivity contribution in [3.8, 4) is 0 Å². The minimum absolute atomic E-state index is 0. The van der Waals surface area contributed by atoms with Crippen LogP contribution in [0.1, 0.15) is 39.5 Å². The average Bonchev–Trinajstić information content (AvgIpc) is 2.92. The van der Waals surface area contributed by atoms with Gasteiger partial charge in [0, 0.05) is 0 Å². The van der Waals surface area contributed by atoms with E-state index in [4.69, 9.17) is 0 Å². The average molecular weight is 271 g/mol. The van der Waals surface area contributed by atoms with E-state index in [1.165, 1.54) is 11.1 Å². The minimum Gasteiger partial charge on any atom is -0.270 e. The maximum atomic E-state index is 3.21. The molecule has 0 aromatic carbocycles. The van der Waals surface area contributed by atoms with Gasteiger partial charge in [0.05, 0.1) is 0 Å². The molecule has 0 aliphatic heterocycles. The summed E-state index contributed by atoms with van der Waals surface area (Å²) in [7, 11) is 0. The van der Waals surface area contributed by atoms with E-state index in [0.29, 0.717) is 0 Å². The summed E-state index contributed by atoms with van der Waals surface area (Å²) in [6, 6.07) is 0. The van der Waals surface area contributed by atoms with Crippen LogP contribution in [0, 0.1) is 12.2 Å². The number of halogens is 1. The molecule has 2 aliphatic carbocycles. The van der Waals surface area contributed by atoms with E-state index in [-0.39, 0.29) is 34.1 Å². The Bertz CT molecular complexity index is 255. The van der Waals surface area contributed by atoms with Crippen LogP contribution in [-0.4, -0.2) is 0 Å². The van der Waals surface area contributed by atoms with E-state index in [2.05, 4.69) is 50.3 Å². The van der Waals surface area contributed by atoms with Crippen LogP contribution in [0.5, 0.6) is 0 Å². The van der Waals surface area contributed by atoms with Crippen molar-refractivity contribution in [3.63, 3.8) is 0 Å². The predicted molar refractivity (Wildman–Crippen MR) is 68.9 cm³/mol. The second-order valence-corrected chi connectivity index (χ2v) is 3.32. The third-order valence-corrected chi connectivity index (χ3v) is 2.29. The largest absolute Gasteiger partial charge is 2.00 e. The van der Waals surface area contributed by atoms with Crippen molar-refractivity contribution < 1.29 is 21.7 Å². The molecule has 0 nitrogen and oxygen atoms in total. The molecule has 0 bridgehead atoms. The molecule has 86 valence electrons. The van der Waals surface area contributed by atoms with Crippen LogP contribution in [0.25, 0.3) is 0 Å². The van der Waals surface area contributed by atoms with Gasteiger partial charge in [-0.25, -0.2) is 23.3 Å². The topological polar surface area (TPSA) is 0 Å². The quantitative estimate of drug-likeness (QED) is 0.508. The Morgan fingerprint density at radius 2 is 1.31 bits per heavy atom. The fourth-order valence-electron chi connectivity index (χ4n) is 1.39. The molecule has 0 unspecified atom stereocenters.